The molecule has 0 bridgehead atoms. The number of nitrogens with zero attached hydrogens (tertiary/aromatic N) is 1. The Morgan fingerprint density at radius 2 is 1.92 bits per heavy atom. The highest BCUT2D eigenvalue weighted by atomic mass is 19.1. The van der Waals surface area contributed by atoms with E-state index in [0.717, 1.165) is 18.1 Å². The fourth-order valence-electron chi connectivity index (χ4n) is 2.91. The van der Waals surface area contributed by atoms with E-state index in [-0.39, 0.29) is 30.1 Å². The maximum absolute atomic E-state index is 13.3. The number of ketones is 1. The van der Waals surface area contributed by atoms with Gasteiger partial charge in [-0.15, -0.1) is 0 Å². The van der Waals surface area contributed by atoms with Crippen molar-refractivity contribution in [1.82, 2.24) is 10.3 Å². The zero-order valence-corrected chi connectivity index (χ0v) is 13.8. The van der Waals surface area contributed by atoms with Crippen LogP contribution in [0.2, 0.25) is 0 Å². The van der Waals surface area contributed by atoms with Gasteiger partial charge in [0.05, 0.1) is 12.2 Å². The Morgan fingerprint density at radius 3 is 2.52 bits per heavy atom. The molecule has 1 aliphatic carbocycles. The molecular weight excluding hydrogens is 326 g/mol. The maximum atomic E-state index is 13.3. The van der Waals surface area contributed by atoms with Crippen molar-refractivity contribution in [2.75, 3.05) is 6.54 Å². The number of carbonyl (C=O) groups excluding carboxylic acids is 2. The lowest BCUT2D eigenvalue weighted by atomic mass is 10.1. The minimum atomic E-state index is -0.639. The average molecular weight is 344 g/mol. The summed E-state index contributed by atoms with van der Waals surface area (Å²) in [4.78, 5) is 26.9. The molecule has 1 heterocycles. The zero-order chi connectivity index (χ0) is 18.0. The van der Waals surface area contributed by atoms with Crippen LogP contribution in [0.4, 0.5) is 8.78 Å². The molecule has 0 radical (unpaired) electrons. The van der Waals surface area contributed by atoms with Crippen molar-refractivity contribution in [2.45, 2.75) is 25.7 Å². The van der Waals surface area contributed by atoms with Crippen LogP contribution < -0.4 is 5.32 Å². The largest absolute Gasteiger partial charge is 0.349 e. The second-order valence-electron chi connectivity index (χ2n) is 6.42. The van der Waals surface area contributed by atoms with Gasteiger partial charge >= 0.3 is 0 Å². The summed E-state index contributed by atoms with van der Waals surface area (Å²) in [5.74, 6) is -0.976. The molecule has 0 aliphatic heterocycles. The predicted molar refractivity (Wildman–Crippen MR) is 88.7 cm³/mol. The lowest BCUT2D eigenvalue weighted by Gasteiger charge is -2.05. The number of hydrogen-bond donors (Lipinski definition) is 1. The summed E-state index contributed by atoms with van der Waals surface area (Å²) < 4.78 is 26.6. The number of aromatic nitrogens is 1. The Kier molecular flexibility index (Phi) is 4.88. The van der Waals surface area contributed by atoms with Crippen LogP contribution in [0, 0.1) is 17.6 Å². The van der Waals surface area contributed by atoms with Gasteiger partial charge in [-0.3, -0.25) is 14.6 Å². The third-order valence-electron chi connectivity index (χ3n) is 4.28. The Labute approximate surface area is 144 Å². The summed E-state index contributed by atoms with van der Waals surface area (Å²) in [5.41, 5.74) is 1.89. The highest BCUT2D eigenvalue weighted by Gasteiger charge is 2.39. The van der Waals surface area contributed by atoms with Gasteiger partial charge in [-0.25, -0.2) is 8.78 Å². The van der Waals surface area contributed by atoms with Crippen molar-refractivity contribution in [1.29, 1.82) is 0 Å². The second kappa shape index (κ2) is 7.09. The first kappa shape index (κ1) is 17.2. The monoisotopic (exact) mass is 344 g/mol. The molecule has 0 unspecified atom stereocenters. The minimum absolute atomic E-state index is 0.0661. The standard InChI is InChI=1S/C19H18F2N2O2/c1-11(24)9-23-19(25)7-13-6-17(13)12-2-3-18(22-10-12)14-4-15(20)8-16(21)5-14/h2-5,8,10,13,17H,6-7,9H2,1H3,(H,23,25)/t13-,17-/m0/s1. The van der Waals surface area contributed by atoms with Gasteiger partial charge < -0.3 is 5.32 Å². The quantitative estimate of drug-likeness (QED) is 0.875. The van der Waals surface area contributed by atoms with Crippen molar-refractivity contribution < 1.29 is 18.4 Å². The minimum Gasteiger partial charge on any atom is -0.349 e. The van der Waals surface area contributed by atoms with E-state index < -0.39 is 11.6 Å². The van der Waals surface area contributed by atoms with Crippen molar-refractivity contribution in [3.63, 3.8) is 0 Å². The number of pyridine rings is 1. The van der Waals surface area contributed by atoms with E-state index in [0.29, 0.717) is 17.7 Å². The zero-order valence-electron chi connectivity index (χ0n) is 13.8. The Hall–Kier alpha value is -2.63. The molecule has 4 nitrogen and oxygen atoms in total. The molecule has 2 aromatic rings. The molecule has 0 saturated heterocycles. The molecule has 1 aromatic heterocycles. The molecule has 25 heavy (non-hydrogen) atoms. The molecule has 2 atom stereocenters. The van der Waals surface area contributed by atoms with Gasteiger partial charge in [0.1, 0.15) is 17.4 Å². The summed E-state index contributed by atoms with van der Waals surface area (Å²) in [6.45, 7) is 1.49. The van der Waals surface area contributed by atoms with Crippen LogP contribution in [-0.4, -0.2) is 23.2 Å². The fraction of sp³-hybridized carbons (Fsp3) is 0.316. The first-order valence-corrected chi connectivity index (χ1v) is 8.11. The van der Waals surface area contributed by atoms with E-state index >= 15 is 0 Å². The van der Waals surface area contributed by atoms with Gasteiger partial charge in [-0.1, -0.05) is 6.07 Å². The topological polar surface area (TPSA) is 59.1 Å². The van der Waals surface area contributed by atoms with Gasteiger partial charge in [0.2, 0.25) is 5.91 Å². The Balaban J connectivity index is 1.60. The molecule has 1 fully saturated rings. The molecule has 1 amide bonds. The van der Waals surface area contributed by atoms with Gasteiger partial charge in [-0.05, 0) is 48.9 Å². The molecule has 1 N–H and O–H groups in total. The van der Waals surface area contributed by atoms with Crippen LogP contribution in [-0.2, 0) is 9.59 Å². The smallest absolute Gasteiger partial charge is 0.220 e. The highest BCUT2D eigenvalue weighted by molar-refractivity contribution is 5.84. The lowest BCUT2D eigenvalue weighted by molar-refractivity contribution is -0.124. The molecule has 1 saturated carbocycles. The van der Waals surface area contributed by atoms with Crippen molar-refractivity contribution in [3.05, 3.63) is 53.7 Å². The van der Waals surface area contributed by atoms with E-state index in [2.05, 4.69) is 10.3 Å². The third-order valence-corrected chi connectivity index (χ3v) is 4.28. The first-order chi connectivity index (χ1) is 11.9. The van der Waals surface area contributed by atoms with Crippen LogP contribution in [0.3, 0.4) is 0 Å². The molecule has 130 valence electrons. The first-order valence-electron chi connectivity index (χ1n) is 8.11. The van der Waals surface area contributed by atoms with Crippen molar-refractivity contribution >= 4 is 11.7 Å². The van der Waals surface area contributed by atoms with Gasteiger partial charge in [-0.2, -0.15) is 0 Å². The second-order valence-corrected chi connectivity index (χ2v) is 6.42. The van der Waals surface area contributed by atoms with E-state index in [9.17, 15) is 18.4 Å². The highest BCUT2D eigenvalue weighted by Crippen LogP contribution is 2.49. The number of nitrogens with one attached hydrogen (secondary N) is 1. The SMILES string of the molecule is CC(=O)CNC(=O)C[C@@H]1C[C@H]1c1ccc(-c2cc(F)cc(F)c2)nc1. The molecule has 3 rings (SSSR count). The van der Waals surface area contributed by atoms with Crippen molar-refractivity contribution in [3.8, 4) is 11.3 Å². The number of Topliss-reactive ketones (excluding diaryl/α,β-unsaturated/α-hetero) is 1. The van der Waals surface area contributed by atoms with E-state index in [4.69, 9.17) is 0 Å². The van der Waals surface area contributed by atoms with Crippen LogP contribution in [0.25, 0.3) is 11.3 Å². The Morgan fingerprint density at radius 1 is 1.20 bits per heavy atom. The Bertz CT molecular complexity index is 785. The molecule has 6 heteroatoms. The number of carbonyl (C=O) groups is 2. The van der Waals surface area contributed by atoms with Gasteiger partial charge in [0.25, 0.3) is 0 Å². The predicted octanol–water partition coefficient (Wildman–Crippen LogP) is 3.23. The molecule has 0 spiro atoms. The molecular formula is C19H18F2N2O2. The summed E-state index contributed by atoms with van der Waals surface area (Å²) in [5, 5.41) is 2.59. The summed E-state index contributed by atoms with van der Waals surface area (Å²) in [6.07, 6.45) is 2.97. The molecule has 1 aromatic carbocycles. The number of rotatable bonds is 6. The van der Waals surface area contributed by atoms with Crippen LogP contribution in [0.1, 0.15) is 31.2 Å². The van der Waals surface area contributed by atoms with Crippen LogP contribution >= 0.6 is 0 Å². The number of hydrogen-bond acceptors (Lipinski definition) is 3. The van der Waals surface area contributed by atoms with E-state index in [1.54, 1.807) is 12.3 Å². The lowest BCUT2D eigenvalue weighted by Crippen LogP contribution is -2.28. The summed E-state index contributed by atoms with van der Waals surface area (Å²) in [7, 11) is 0. The van der Waals surface area contributed by atoms with E-state index in [1.807, 2.05) is 6.07 Å². The number of benzene rings is 1. The third kappa shape index (κ3) is 4.47. The number of amides is 1. The number of halogens is 2. The van der Waals surface area contributed by atoms with Crippen LogP contribution in [0.15, 0.2) is 36.5 Å². The van der Waals surface area contributed by atoms with Crippen LogP contribution in [0.5, 0.6) is 0 Å². The van der Waals surface area contributed by atoms with Gasteiger partial charge in [0, 0.05) is 24.2 Å². The molecule has 1 aliphatic rings. The maximum Gasteiger partial charge on any atom is 0.220 e. The summed E-state index contributed by atoms with van der Waals surface area (Å²) in [6, 6.07) is 6.91. The summed E-state index contributed by atoms with van der Waals surface area (Å²) >= 11 is 0. The average Bonchev–Trinajstić information content (AvgIpc) is 3.31. The van der Waals surface area contributed by atoms with Gasteiger partial charge in [0.15, 0.2) is 0 Å². The normalized spacial score (nSPS) is 18.7. The van der Waals surface area contributed by atoms with E-state index in [1.165, 1.54) is 19.1 Å². The van der Waals surface area contributed by atoms with Crippen molar-refractivity contribution in [2.24, 2.45) is 5.92 Å². The fourth-order valence-corrected chi connectivity index (χ4v) is 2.91.